The highest BCUT2D eigenvalue weighted by Gasteiger charge is 2.40. The van der Waals surface area contributed by atoms with Crippen LogP contribution in [-0.2, 0) is 12.6 Å². The number of carbonyl (C=O) groups is 1. The van der Waals surface area contributed by atoms with Gasteiger partial charge in [-0.05, 0) is 24.1 Å². The molecule has 30 heavy (non-hydrogen) atoms. The molecule has 0 atom stereocenters. The number of carbonyl (C=O) groups excluding carboxylic acids is 1. The van der Waals surface area contributed by atoms with Crippen molar-refractivity contribution in [1.29, 1.82) is 0 Å². The number of halogens is 3. The van der Waals surface area contributed by atoms with E-state index in [0.29, 0.717) is 11.1 Å². The molecule has 0 unspecified atom stereocenters. The largest absolute Gasteiger partial charge is 0.437 e. The van der Waals surface area contributed by atoms with Gasteiger partial charge >= 0.3 is 12.3 Å². The summed E-state index contributed by atoms with van der Waals surface area (Å²) in [6, 6.07) is 13.5. The van der Waals surface area contributed by atoms with Gasteiger partial charge in [-0.15, -0.1) is 0 Å². The first-order valence-corrected chi connectivity index (χ1v) is 8.65. The van der Waals surface area contributed by atoms with Gasteiger partial charge in [-0.25, -0.2) is 9.48 Å². The van der Waals surface area contributed by atoms with E-state index in [9.17, 15) is 28.1 Å². The van der Waals surface area contributed by atoms with Crippen LogP contribution in [0.2, 0.25) is 0 Å². The van der Waals surface area contributed by atoms with E-state index in [1.165, 1.54) is 0 Å². The summed E-state index contributed by atoms with van der Waals surface area (Å²) in [5, 5.41) is 16.7. The maximum Gasteiger partial charge on any atom is 0.437 e. The molecule has 156 valence electrons. The summed E-state index contributed by atoms with van der Waals surface area (Å²) in [5.41, 5.74) is -0.727. The van der Waals surface area contributed by atoms with Gasteiger partial charge in [0.25, 0.3) is 5.69 Å². The zero-order chi connectivity index (χ0) is 21.7. The molecule has 2 aromatic carbocycles. The Morgan fingerprint density at radius 2 is 1.80 bits per heavy atom. The van der Waals surface area contributed by atoms with Crippen molar-refractivity contribution in [3.8, 4) is 11.4 Å². The number of amides is 1. The average Bonchev–Trinajstić information content (AvgIpc) is 3.13. The minimum Gasteiger partial charge on any atom is -0.406 e. The molecular formula is C19H15F3N4O4. The van der Waals surface area contributed by atoms with Crippen molar-refractivity contribution in [2.24, 2.45) is 0 Å². The van der Waals surface area contributed by atoms with E-state index in [4.69, 9.17) is 4.74 Å². The monoisotopic (exact) mass is 420 g/mol. The number of nitro benzene ring substituents is 1. The molecule has 1 amide bonds. The van der Waals surface area contributed by atoms with Gasteiger partial charge in [0.15, 0.2) is 11.4 Å². The molecule has 0 saturated heterocycles. The number of hydrogen-bond donors (Lipinski definition) is 1. The lowest BCUT2D eigenvalue weighted by atomic mass is 10.1. The number of benzene rings is 2. The summed E-state index contributed by atoms with van der Waals surface area (Å²) in [4.78, 5) is 22.0. The van der Waals surface area contributed by atoms with Crippen molar-refractivity contribution in [2.75, 3.05) is 6.54 Å². The SMILES string of the molecule is O=C(NCCc1ccccc1)Oc1cnn(-c2ccc([N+](=O)[O-])cc2)c1C(F)(F)F. The van der Waals surface area contributed by atoms with Crippen molar-refractivity contribution >= 4 is 11.8 Å². The summed E-state index contributed by atoms with van der Waals surface area (Å²) in [7, 11) is 0. The van der Waals surface area contributed by atoms with E-state index < -0.39 is 28.6 Å². The Morgan fingerprint density at radius 1 is 1.13 bits per heavy atom. The van der Waals surface area contributed by atoms with Crippen LogP contribution >= 0.6 is 0 Å². The molecule has 3 rings (SSSR count). The second-order valence-corrected chi connectivity index (χ2v) is 6.09. The van der Waals surface area contributed by atoms with Gasteiger partial charge in [-0.2, -0.15) is 18.3 Å². The first-order chi connectivity index (χ1) is 14.3. The molecule has 1 aromatic heterocycles. The lowest BCUT2D eigenvalue weighted by Gasteiger charge is -2.12. The number of nitrogens with one attached hydrogen (secondary N) is 1. The molecular weight excluding hydrogens is 405 g/mol. The van der Waals surface area contributed by atoms with Crippen LogP contribution in [0.25, 0.3) is 5.69 Å². The second-order valence-electron chi connectivity index (χ2n) is 6.09. The summed E-state index contributed by atoms with van der Waals surface area (Å²) in [6.07, 6.45) is -4.71. The summed E-state index contributed by atoms with van der Waals surface area (Å²) < 4.78 is 46.1. The average molecular weight is 420 g/mol. The van der Waals surface area contributed by atoms with Crippen LogP contribution in [-0.4, -0.2) is 27.3 Å². The van der Waals surface area contributed by atoms with Gasteiger partial charge in [0.1, 0.15) is 0 Å². The van der Waals surface area contributed by atoms with Crippen LogP contribution in [0.4, 0.5) is 23.7 Å². The topological polar surface area (TPSA) is 99.3 Å². The van der Waals surface area contributed by atoms with Crippen LogP contribution in [0, 0.1) is 10.1 Å². The highest BCUT2D eigenvalue weighted by molar-refractivity contribution is 5.70. The number of aromatic nitrogens is 2. The Kier molecular flexibility index (Phi) is 6.00. The third-order valence-electron chi connectivity index (χ3n) is 4.04. The Hall–Kier alpha value is -3.89. The van der Waals surface area contributed by atoms with Crippen molar-refractivity contribution in [2.45, 2.75) is 12.6 Å². The lowest BCUT2D eigenvalue weighted by molar-refractivity contribution is -0.384. The van der Waals surface area contributed by atoms with Gasteiger partial charge in [0, 0.05) is 18.7 Å². The third-order valence-corrected chi connectivity index (χ3v) is 4.04. The first kappa shape index (κ1) is 20.8. The Balaban J connectivity index is 1.75. The highest BCUT2D eigenvalue weighted by Crippen LogP contribution is 2.37. The maximum absolute atomic E-state index is 13.6. The summed E-state index contributed by atoms with van der Waals surface area (Å²) in [5.74, 6) is -0.780. The molecule has 0 fully saturated rings. The van der Waals surface area contributed by atoms with Gasteiger partial charge in [-0.1, -0.05) is 30.3 Å². The predicted molar refractivity (Wildman–Crippen MR) is 99.4 cm³/mol. The maximum atomic E-state index is 13.6. The van der Waals surface area contributed by atoms with E-state index in [2.05, 4.69) is 10.4 Å². The lowest BCUT2D eigenvalue weighted by Crippen LogP contribution is -2.29. The first-order valence-electron chi connectivity index (χ1n) is 8.65. The van der Waals surface area contributed by atoms with E-state index in [1.807, 2.05) is 30.3 Å². The van der Waals surface area contributed by atoms with Crippen molar-refractivity contribution in [1.82, 2.24) is 15.1 Å². The number of alkyl halides is 3. The van der Waals surface area contributed by atoms with E-state index >= 15 is 0 Å². The molecule has 8 nitrogen and oxygen atoms in total. The van der Waals surface area contributed by atoms with Crippen LogP contribution in [0.5, 0.6) is 5.75 Å². The van der Waals surface area contributed by atoms with Gasteiger partial charge in [0.2, 0.25) is 0 Å². The normalized spacial score (nSPS) is 11.2. The minimum atomic E-state index is -4.89. The number of hydrogen-bond acceptors (Lipinski definition) is 5. The van der Waals surface area contributed by atoms with Crippen molar-refractivity contribution in [3.05, 3.63) is 82.2 Å². The van der Waals surface area contributed by atoms with Crippen LogP contribution in [0.1, 0.15) is 11.3 Å². The number of nitrogens with zero attached hydrogens (tertiary/aromatic N) is 3. The standard InChI is InChI=1S/C19H15F3N4O4/c20-19(21,22)17-16(30-18(27)23-11-10-13-4-2-1-3-5-13)12-24-25(17)14-6-8-15(9-7-14)26(28)29/h1-9,12H,10-11H2,(H,23,27). The number of nitro groups is 1. The third kappa shape index (κ3) is 4.93. The Bertz CT molecular complexity index is 1030. The molecule has 0 aliphatic rings. The fourth-order valence-corrected chi connectivity index (χ4v) is 2.67. The minimum absolute atomic E-state index is 0.0766. The quantitative estimate of drug-likeness (QED) is 0.478. The molecule has 0 aliphatic heterocycles. The highest BCUT2D eigenvalue weighted by atomic mass is 19.4. The summed E-state index contributed by atoms with van der Waals surface area (Å²) >= 11 is 0. The number of ether oxygens (including phenoxy) is 1. The van der Waals surface area contributed by atoms with Gasteiger partial charge < -0.3 is 10.1 Å². The molecule has 1 N–H and O–H groups in total. The fraction of sp³-hybridized carbons (Fsp3) is 0.158. The fourth-order valence-electron chi connectivity index (χ4n) is 2.67. The summed E-state index contributed by atoms with van der Waals surface area (Å²) in [6.45, 7) is 0.167. The molecule has 0 saturated carbocycles. The molecule has 1 heterocycles. The number of non-ortho nitro benzene ring substituents is 1. The molecule has 11 heteroatoms. The van der Waals surface area contributed by atoms with E-state index in [0.717, 1.165) is 36.0 Å². The predicted octanol–water partition coefficient (Wildman–Crippen LogP) is 4.13. The van der Waals surface area contributed by atoms with Gasteiger partial charge in [0.05, 0.1) is 16.8 Å². The van der Waals surface area contributed by atoms with Crippen molar-refractivity contribution < 1.29 is 27.6 Å². The second kappa shape index (κ2) is 8.64. The smallest absolute Gasteiger partial charge is 0.406 e. The number of rotatable bonds is 6. The zero-order valence-corrected chi connectivity index (χ0v) is 15.3. The molecule has 0 aliphatic carbocycles. The molecule has 0 bridgehead atoms. The molecule has 0 spiro atoms. The molecule has 0 radical (unpaired) electrons. The van der Waals surface area contributed by atoms with Crippen molar-refractivity contribution in [3.63, 3.8) is 0 Å². The van der Waals surface area contributed by atoms with Crippen LogP contribution < -0.4 is 10.1 Å². The van der Waals surface area contributed by atoms with Gasteiger partial charge in [-0.3, -0.25) is 10.1 Å². The Labute approximate surface area is 168 Å². The van der Waals surface area contributed by atoms with Crippen LogP contribution in [0.15, 0.2) is 60.8 Å². The van der Waals surface area contributed by atoms with E-state index in [-0.39, 0.29) is 17.9 Å². The zero-order valence-electron chi connectivity index (χ0n) is 15.3. The van der Waals surface area contributed by atoms with Crippen LogP contribution in [0.3, 0.4) is 0 Å². The Morgan fingerprint density at radius 3 is 2.40 bits per heavy atom. The molecule has 3 aromatic rings. The van der Waals surface area contributed by atoms with E-state index in [1.54, 1.807) is 0 Å².